The van der Waals surface area contributed by atoms with Crippen LogP contribution in [0.5, 0.6) is 0 Å². The first-order valence-corrected chi connectivity index (χ1v) is 10.6. The Hall–Kier alpha value is -2.76. The van der Waals surface area contributed by atoms with Crippen LogP contribution >= 0.6 is 12.2 Å². The highest BCUT2D eigenvalue weighted by molar-refractivity contribution is 7.80. The number of amides is 2. The zero-order valence-corrected chi connectivity index (χ0v) is 18.2. The summed E-state index contributed by atoms with van der Waals surface area (Å²) in [4.78, 5) is 28.8. The minimum absolute atomic E-state index is 0.183. The van der Waals surface area contributed by atoms with Gasteiger partial charge in [0.1, 0.15) is 17.8 Å². The van der Waals surface area contributed by atoms with Crippen molar-refractivity contribution in [1.29, 1.82) is 0 Å². The topological polar surface area (TPSA) is 74.4 Å². The summed E-state index contributed by atoms with van der Waals surface area (Å²) in [6.07, 6.45) is -1.45. The summed E-state index contributed by atoms with van der Waals surface area (Å²) in [5.41, 5.74) is 0.687. The fraction of sp³-hybridized carbons (Fsp3) is 0.550. The van der Waals surface area contributed by atoms with E-state index >= 15 is 0 Å². The molecule has 32 heavy (non-hydrogen) atoms. The first kappa shape index (κ1) is 22.4. The van der Waals surface area contributed by atoms with Crippen LogP contribution in [0.25, 0.3) is 0 Å². The summed E-state index contributed by atoms with van der Waals surface area (Å²) < 4.78 is 51.3. The number of methoxy groups -OCH3 is 1. The van der Waals surface area contributed by atoms with E-state index in [-0.39, 0.29) is 31.4 Å². The van der Waals surface area contributed by atoms with Crippen molar-refractivity contribution < 1.29 is 32.2 Å². The van der Waals surface area contributed by atoms with Gasteiger partial charge in [0, 0.05) is 32.6 Å². The number of piperazine rings is 1. The number of halogens is 3. The largest absolute Gasteiger partial charge is 0.474 e. The molecule has 3 fully saturated rings. The maximum Gasteiger partial charge on any atom is 0.414 e. The van der Waals surface area contributed by atoms with Crippen molar-refractivity contribution in [3.8, 4) is 0 Å². The lowest BCUT2D eigenvalue weighted by atomic mass is 10.2. The molecular weight excluding hydrogens is 449 g/mol. The van der Waals surface area contributed by atoms with Crippen molar-refractivity contribution in [3.05, 3.63) is 24.0 Å². The van der Waals surface area contributed by atoms with E-state index < -0.39 is 42.2 Å². The maximum atomic E-state index is 14.9. The molecule has 2 saturated heterocycles. The average Bonchev–Trinajstić information content (AvgIpc) is 3.25. The van der Waals surface area contributed by atoms with Gasteiger partial charge in [-0.2, -0.15) is 0 Å². The van der Waals surface area contributed by atoms with Crippen LogP contribution in [0.3, 0.4) is 0 Å². The van der Waals surface area contributed by atoms with Crippen LogP contribution in [0, 0.1) is 11.7 Å². The fourth-order valence-electron chi connectivity index (χ4n) is 3.90. The molecule has 4 rings (SSSR count). The van der Waals surface area contributed by atoms with Crippen molar-refractivity contribution in [2.45, 2.75) is 18.4 Å². The molecule has 2 aliphatic heterocycles. The molecule has 1 unspecified atom stereocenters. The molecule has 174 valence electrons. The molecule has 0 aromatic heterocycles. The van der Waals surface area contributed by atoms with Gasteiger partial charge in [-0.15, -0.1) is 0 Å². The van der Waals surface area contributed by atoms with E-state index in [0.29, 0.717) is 24.5 Å². The van der Waals surface area contributed by atoms with E-state index in [1.165, 1.54) is 23.0 Å². The third kappa shape index (κ3) is 4.54. The lowest BCUT2D eigenvalue weighted by Crippen LogP contribution is -2.49. The van der Waals surface area contributed by atoms with Crippen molar-refractivity contribution in [2.75, 3.05) is 56.2 Å². The number of hydrogen-bond acceptors (Lipinski definition) is 6. The molecule has 1 aromatic carbocycles. The van der Waals surface area contributed by atoms with Gasteiger partial charge in [0.05, 0.1) is 31.6 Å². The van der Waals surface area contributed by atoms with Gasteiger partial charge in [0.15, 0.2) is 0 Å². The monoisotopic (exact) mass is 472 g/mol. The quantitative estimate of drug-likeness (QED) is 0.657. The molecule has 1 saturated carbocycles. The first-order chi connectivity index (χ1) is 15.2. The third-order valence-electron chi connectivity index (χ3n) is 5.83. The Morgan fingerprint density at radius 3 is 2.59 bits per heavy atom. The number of cyclic esters (lactones) is 1. The number of anilines is 2. The molecule has 1 N–H and O–H groups in total. The molecule has 2 atom stereocenters. The van der Waals surface area contributed by atoms with E-state index in [1.54, 1.807) is 17.0 Å². The number of rotatable bonds is 5. The van der Waals surface area contributed by atoms with Crippen LogP contribution in [-0.4, -0.2) is 80.5 Å². The summed E-state index contributed by atoms with van der Waals surface area (Å²) in [5.74, 6) is -5.16. The Bertz CT molecular complexity index is 926. The van der Waals surface area contributed by atoms with E-state index in [4.69, 9.17) is 21.7 Å². The smallest absolute Gasteiger partial charge is 0.414 e. The van der Waals surface area contributed by atoms with Crippen molar-refractivity contribution >= 4 is 40.8 Å². The van der Waals surface area contributed by atoms with Crippen LogP contribution in [0.4, 0.5) is 29.3 Å². The highest BCUT2D eigenvalue weighted by Crippen LogP contribution is 2.49. The Balaban J connectivity index is 1.34. The molecule has 2 heterocycles. The van der Waals surface area contributed by atoms with Crippen LogP contribution in [0.2, 0.25) is 0 Å². The first-order valence-electron chi connectivity index (χ1n) is 10.2. The van der Waals surface area contributed by atoms with Gasteiger partial charge in [-0.25, -0.2) is 18.0 Å². The summed E-state index contributed by atoms with van der Waals surface area (Å²) in [6.45, 7) is 1.67. The molecular formula is C20H23F3N4O4S. The zero-order valence-electron chi connectivity index (χ0n) is 17.4. The predicted molar refractivity (Wildman–Crippen MR) is 113 cm³/mol. The van der Waals surface area contributed by atoms with Gasteiger partial charge in [-0.3, -0.25) is 9.69 Å². The van der Waals surface area contributed by atoms with E-state index in [1.807, 2.05) is 0 Å². The summed E-state index contributed by atoms with van der Waals surface area (Å²) in [7, 11) is 1.43. The second-order valence-corrected chi connectivity index (χ2v) is 8.33. The molecule has 1 aromatic rings. The second-order valence-electron chi connectivity index (χ2n) is 7.95. The second kappa shape index (κ2) is 8.64. The molecule has 0 radical (unpaired) electrons. The fourth-order valence-corrected chi connectivity index (χ4v) is 3.98. The molecule has 0 spiro atoms. The molecule has 3 aliphatic rings. The van der Waals surface area contributed by atoms with Crippen molar-refractivity contribution in [3.63, 3.8) is 0 Å². The van der Waals surface area contributed by atoms with Crippen LogP contribution in [0.15, 0.2) is 18.2 Å². The number of hydrogen-bond donors (Lipinski definition) is 1. The summed E-state index contributed by atoms with van der Waals surface area (Å²) in [5, 5.41) is 3.00. The number of thiocarbonyl (C=S) groups is 1. The summed E-state index contributed by atoms with van der Waals surface area (Å²) in [6, 6.07) is 4.45. The van der Waals surface area contributed by atoms with E-state index in [0.717, 1.165) is 0 Å². The Morgan fingerprint density at radius 1 is 1.31 bits per heavy atom. The van der Waals surface area contributed by atoms with Gasteiger partial charge in [0.25, 0.3) is 11.1 Å². The van der Waals surface area contributed by atoms with Crippen LogP contribution < -0.4 is 15.1 Å². The maximum absolute atomic E-state index is 14.9. The minimum atomic E-state index is -2.89. The highest BCUT2D eigenvalue weighted by Gasteiger charge is 2.62. The molecule has 1 aliphatic carbocycles. The van der Waals surface area contributed by atoms with Crippen molar-refractivity contribution in [1.82, 2.24) is 10.2 Å². The molecule has 12 heteroatoms. The number of alkyl halides is 2. The lowest BCUT2D eigenvalue weighted by Gasteiger charge is -2.36. The average molecular weight is 472 g/mol. The number of benzene rings is 1. The van der Waals surface area contributed by atoms with Gasteiger partial charge >= 0.3 is 6.09 Å². The summed E-state index contributed by atoms with van der Waals surface area (Å²) >= 11 is 4.89. The third-order valence-corrected chi connectivity index (χ3v) is 6.14. The number of carbonyl (C=O) groups excluding carboxylic acids is 2. The Morgan fingerprint density at radius 2 is 2.00 bits per heavy atom. The lowest BCUT2D eigenvalue weighted by molar-refractivity contribution is -0.135. The highest BCUT2D eigenvalue weighted by atomic mass is 32.1. The molecule has 8 nitrogen and oxygen atoms in total. The van der Waals surface area contributed by atoms with Gasteiger partial charge in [-0.05, 0) is 30.4 Å². The van der Waals surface area contributed by atoms with Crippen molar-refractivity contribution in [2.24, 2.45) is 5.92 Å². The standard InChI is InChI=1S/C20H23F3N4O4S/c1-30-18(32)24-10-13-11-27(19(29)31-13)12-2-3-16(15(21)8-12)25-4-6-26(7-5-25)17(28)14-9-20(14,22)23/h2-3,8,13-14H,4-7,9-11H2,1H3,(H,24,32)/t13-,14?/m0/s1. The number of nitrogens with one attached hydrogen (secondary N) is 1. The zero-order chi connectivity index (χ0) is 23.0. The number of nitrogens with zero attached hydrogens (tertiary/aromatic N) is 3. The van der Waals surface area contributed by atoms with E-state index in [9.17, 15) is 22.8 Å². The van der Waals surface area contributed by atoms with Crippen LogP contribution in [0.1, 0.15) is 6.42 Å². The number of ether oxygens (including phenoxy) is 2. The SMILES string of the molecule is COC(=S)NC[C@H]1CN(c2ccc(N3CCN(C(=O)C4CC4(F)F)CC3)c(F)c2)C(=O)O1. The minimum Gasteiger partial charge on any atom is -0.474 e. The Kier molecular flexibility index (Phi) is 6.06. The predicted octanol–water partition coefficient (Wildman–Crippen LogP) is 1.98. The molecule has 2 amide bonds. The normalized spacial score (nSPS) is 24.2. The van der Waals surface area contributed by atoms with Crippen LogP contribution in [-0.2, 0) is 14.3 Å². The molecule has 0 bridgehead atoms. The van der Waals surface area contributed by atoms with E-state index in [2.05, 4.69) is 5.32 Å². The van der Waals surface area contributed by atoms with Gasteiger partial charge in [-0.1, -0.05) is 0 Å². The van der Waals surface area contributed by atoms with Gasteiger partial charge in [0.2, 0.25) is 5.91 Å². The Labute approximate surface area is 188 Å². The van der Waals surface area contributed by atoms with Gasteiger partial charge < -0.3 is 24.6 Å². The number of carbonyl (C=O) groups is 2.